The van der Waals surface area contributed by atoms with E-state index < -0.39 is 6.16 Å². The number of hydrogen-bond acceptors (Lipinski definition) is 8. The molecule has 0 atom stereocenters. The van der Waals surface area contributed by atoms with Crippen LogP contribution in [0, 0.1) is 0 Å². The van der Waals surface area contributed by atoms with Crippen LogP contribution in [0.5, 0.6) is 17.2 Å². The van der Waals surface area contributed by atoms with Gasteiger partial charge in [-0.05, 0) is 85.5 Å². The van der Waals surface area contributed by atoms with Crippen LogP contribution in [0.2, 0.25) is 0 Å². The molecular formula is C35H34N2O6S. The normalized spacial score (nSPS) is 12.8. The first-order valence-corrected chi connectivity index (χ1v) is 15.3. The third kappa shape index (κ3) is 5.56. The molecule has 6 rings (SSSR count). The molecule has 0 N–H and O–H groups in total. The van der Waals surface area contributed by atoms with E-state index in [1.165, 1.54) is 22.5 Å². The maximum atomic E-state index is 14.2. The number of carbonyl (C=O) groups is 1. The number of rotatable bonds is 9. The lowest BCUT2D eigenvalue weighted by Crippen LogP contribution is -2.32. The van der Waals surface area contributed by atoms with E-state index in [-0.39, 0.29) is 23.8 Å². The van der Waals surface area contributed by atoms with Gasteiger partial charge in [0.2, 0.25) is 5.43 Å². The lowest BCUT2D eigenvalue weighted by Gasteiger charge is -2.24. The highest BCUT2D eigenvalue weighted by Crippen LogP contribution is 2.42. The predicted molar refractivity (Wildman–Crippen MR) is 173 cm³/mol. The van der Waals surface area contributed by atoms with Crippen LogP contribution in [0.1, 0.15) is 23.6 Å². The summed E-state index contributed by atoms with van der Waals surface area (Å²) in [7, 11) is 5.35. The second-order valence-electron chi connectivity index (χ2n) is 10.7. The number of carbonyl (C=O) groups excluding carboxylic acids is 1. The van der Waals surface area contributed by atoms with E-state index in [2.05, 4.69) is 36.2 Å². The minimum absolute atomic E-state index is 0.113. The van der Waals surface area contributed by atoms with Crippen molar-refractivity contribution in [1.29, 1.82) is 0 Å². The molecule has 0 aliphatic heterocycles. The van der Waals surface area contributed by atoms with Crippen molar-refractivity contribution in [3.8, 4) is 33.4 Å². The zero-order valence-corrected chi connectivity index (χ0v) is 26.0. The first-order chi connectivity index (χ1) is 21.4. The predicted octanol–water partition coefficient (Wildman–Crippen LogP) is 6.87. The molecule has 0 fully saturated rings. The molecule has 0 bridgehead atoms. The van der Waals surface area contributed by atoms with E-state index in [0.29, 0.717) is 23.4 Å². The van der Waals surface area contributed by atoms with Crippen LogP contribution in [0.4, 0.5) is 4.79 Å². The van der Waals surface area contributed by atoms with Crippen LogP contribution in [-0.4, -0.2) is 49.5 Å². The number of benzene rings is 3. The highest BCUT2D eigenvalue weighted by molar-refractivity contribution is 7.22. The van der Waals surface area contributed by atoms with E-state index in [9.17, 15) is 9.59 Å². The van der Waals surface area contributed by atoms with Crippen molar-refractivity contribution in [3.63, 3.8) is 0 Å². The van der Waals surface area contributed by atoms with Gasteiger partial charge < -0.3 is 23.5 Å². The van der Waals surface area contributed by atoms with Crippen LogP contribution in [0.3, 0.4) is 0 Å². The van der Waals surface area contributed by atoms with Gasteiger partial charge in [0, 0.05) is 17.5 Å². The molecule has 1 aliphatic rings. The molecule has 3 aromatic carbocycles. The average Bonchev–Trinajstić information content (AvgIpc) is 3.65. The summed E-state index contributed by atoms with van der Waals surface area (Å²) >= 11 is 1.52. The summed E-state index contributed by atoms with van der Waals surface area (Å²) in [5.41, 5.74) is 4.90. The number of fused-ring (bicyclic) bond motifs is 2. The van der Waals surface area contributed by atoms with E-state index in [4.69, 9.17) is 18.9 Å². The largest absolute Gasteiger partial charge is 0.514 e. The van der Waals surface area contributed by atoms with Crippen LogP contribution in [0.15, 0.2) is 83.8 Å². The Morgan fingerprint density at radius 1 is 0.932 bits per heavy atom. The summed E-state index contributed by atoms with van der Waals surface area (Å²) in [6, 6.07) is 24.2. The minimum Gasteiger partial charge on any atom is -0.497 e. The molecule has 8 nitrogen and oxygen atoms in total. The average molecular weight is 611 g/mol. The monoisotopic (exact) mass is 610 g/mol. The van der Waals surface area contributed by atoms with Gasteiger partial charge in [-0.3, -0.25) is 9.69 Å². The Kier molecular flexibility index (Phi) is 8.41. The van der Waals surface area contributed by atoms with Crippen LogP contribution in [-0.2, 0) is 24.1 Å². The van der Waals surface area contributed by atoms with Crippen molar-refractivity contribution in [2.75, 3.05) is 27.9 Å². The van der Waals surface area contributed by atoms with Crippen molar-refractivity contribution in [3.05, 3.63) is 106 Å². The molecular weight excluding hydrogens is 576 g/mol. The van der Waals surface area contributed by atoms with Gasteiger partial charge in [-0.2, -0.15) is 0 Å². The highest BCUT2D eigenvalue weighted by atomic mass is 32.1. The molecule has 1 aliphatic carbocycles. The van der Waals surface area contributed by atoms with Crippen molar-refractivity contribution in [1.82, 2.24) is 9.47 Å². The van der Waals surface area contributed by atoms with Gasteiger partial charge in [0.25, 0.3) is 0 Å². The fraction of sp³-hybridized carbons (Fsp3) is 0.257. The van der Waals surface area contributed by atoms with Crippen molar-refractivity contribution < 1.29 is 23.7 Å². The SMILES string of the molecule is CCOC(=O)Oc1cn(-c2ccccc2OC)c2sc(-c3ccc(OC)cc3)c(CN(C)C3Cc4ccccc4C3)c2c1=O. The summed E-state index contributed by atoms with van der Waals surface area (Å²) < 4.78 is 23.5. The van der Waals surface area contributed by atoms with Gasteiger partial charge in [-0.1, -0.05) is 36.4 Å². The molecule has 5 aromatic rings. The van der Waals surface area contributed by atoms with Crippen LogP contribution in [0.25, 0.3) is 26.3 Å². The third-order valence-electron chi connectivity index (χ3n) is 8.12. The Balaban J connectivity index is 1.56. The van der Waals surface area contributed by atoms with Crippen LogP contribution >= 0.6 is 11.3 Å². The Morgan fingerprint density at radius 2 is 1.61 bits per heavy atom. The number of likely N-dealkylation sites (N-methyl/N-ethyl adjacent to an activating group) is 1. The van der Waals surface area contributed by atoms with Gasteiger partial charge in [0.05, 0.1) is 38.1 Å². The molecule has 44 heavy (non-hydrogen) atoms. The fourth-order valence-corrected chi connectivity index (χ4v) is 7.19. The number of aromatic nitrogens is 1. The smallest absolute Gasteiger partial charge is 0.497 e. The van der Waals surface area contributed by atoms with E-state index in [1.54, 1.807) is 27.3 Å². The molecule has 0 amide bonds. The molecule has 0 saturated carbocycles. The Bertz CT molecular complexity index is 1850. The molecule has 226 valence electrons. The number of para-hydroxylation sites is 2. The lowest BCUT2D eigenvalue weighted by molar-refractivity contribution is 0.104. The summed E-state index contributed by atoms with van der Waals surface area (Å²) in [4.78, 5) is 30.7. The topological polar surface area (TPSA) is 79.2 Å². The molecule has 0 unspecified atom stereocenters. The highest BCUT2D eigenvalue weighted by Gasteiger charge is 2.29. The molecule has 0 spiro atoms. The Labute approximate surface area is 260 Å². The quantitative estimate of drug-likeness (QED) is 0.169. The van der Waals surface area contributed by atoms with Crippen molar-refractivity contribution >= 4 is 27.7 Å². The Morgan fingerprint density at radius 3 is 2.27 bits per heavy atom. The zero-order chi connectivity index (χ0) is 30.8. The summed E-state index contributed by atoms with van der Waals surface area (Å²) in [6.07, 6.45) is 2.50. The maximum Gasteiger partial charge on any atom is 0.514 e. The lowest BCUT2D eigenvalue weighted by atomic mass is 10.0. The van der Waals surface area contributed by atoms with Crippen LogP contribution < -0.4 is 19.6 Å². The third-order valence-corrected chi connectivity index (χ3v) is 9.40. The van der Waals surface area contributed by atoms with Gasteiger partial charge in [0.15, 0.2) is 5.75 Å². The number of methoxy groups -OCH3 is 2. The molecule has 9 heteroatoms. The first-order valence-electron chi connectivity index (χ1n) is 14.5. The van der Waals surface area contributed by atoms with E-state index in [1.807, 2.05) is 53.1 Å². The molecule has 0 radical (unpaired) electrons. The molecule has 2 heterocycles. The second kappa shape index (κ2) is 12.6. The van der Waals surface area contributed by atoms with Gasteiger partial charge in [-0.15, -0.1) is 11.3 Å². The number of ether oxygens (including phenoxy) is 4. The minimum atomic E-state index is -0.927. The number of thiophene rings is 1. The summed E-state index contributed by atoms with van der Waals surface area (Å²) in [5.74, 6) is 1.25. The van der Waals surface area contributed by atoms with Gasteiger partial charge in [-0.25, -0.2) is 4.79 Å². The zero-order valence-electron chi connectivity index (χ0n) is 25.2. The fourth-order valence-electron chi connectivity index (χ4n) is 5.88. The van der Waals surface area contributed by atoms with Crippen molar-refractivity contribution in [2.45, 2.75) is 32.4 Å². The van der Waals surface area contributed by atoms with E-state index >= 15 is 0 Å². The molecule has 0 saturated heterocycles. The Hall–Kier alpha value is -4.60. The molecule has 2 aromatic heterocycles. The summed E-state index contributed by atoms with van der Waals surface area (Å²) in [6.45, 7) is 2.33. The standard InChI is InChI=1S/C35H34N2O6S/c1-5-42-35(39)43-30-21-37(28-12-8-9-13-29(28)41-4)34-31(32(30)38)27(33(44-34)22-14-16-26(40-3)17-15-22)20-36(2)25-18-23-10-6-7-11-24(23)19-25/h6-17,21,25H,5,18-20H2,1-4H3. The number of hydrogen-bond donors (Lipinski definition) is 0. The number of pyridine rings is 1. The second-order valence-corrected chi connectivity index (χ2v) is 11.7. The number of nitrogens with zero attached hydrogens (tertiary/aromatic N) is 2. The van der Waals surface area contributed by atoms with Gasteiger partial charge >= 0.3 is 6.16 Å². The van der Waals surface area contributed by atoms with Gasteiger partial charge in [0.1, 0.15) is 16.3 Å². The van der Waals surface area contributed by atoms with E-state index in [0.717, 1.165) is 39.4 Å². The maximum absolute atomic E-state index is 14.2. The van der Waals surface area contributed by atoms with Crippen molar-refractivity contribution in [2.24, 2.45) is 0 Å². The summed E-state index contributed by atoms with van der Waals surface area (Å²) in [5, 5.41) is 0.496. The first kappa shape index (κ1) is 29.5.